The summed E-state index contributed by atoms with van der Waals surface area (Å²) in [6, 6.07) is 0. The summed E-state index contributed by atoms with van der Waals surface area (Å²) in [5, 5.41) is 3.35. The van der Waals surface area contributed by atoms with E-state index in [1.807, 2.05) is 12.2 Å². The van der Waals surface area contributed by atoms with Crippen LogP contribution in [-0.2, 0) is 4.84 Å². The number of allylic oxidation sites excluding steroid dienone is 3. The number of nitrogens with zero attached hydrogens (tertiary/aromatic N) is 1. The third-order valence-corrected chi connectivity index (χ3v) is 1.19. The van der Waals surface area contributed by atoms with Crippen LogP contribution in [0.15, 0.2) is 29.6 Å². The predicted octanol–water partition coefficient (Wildman–Crippen LogP) is 2.88. The lowest BCUT2D eigenvalue weighted by Gasteiger charge is -2.00. The summed E-state index contributed by atoms with van der Waals surface area (Å²) in [5.74, 6) is 0.877. The molecule has 0 atom stereocenters. The van der Waals surface area contributed by atoms with Crippen LogP contribution in [0.25, 0.3) is 0 Å². The highest BCUT2D eigenvalue weighted by atomic mass is 16.6. The van der Waals surface area contributed by atoms with E-state index in [4.69, 9.17) is 4.84 Å². The minimum Gasteiger partial charge on any atom is -0.362 e. The summed E-state index contributed by atoms with van der Waals surface area (Å²) in [4.78, 5) is 4.91. The van der Waals surface area contributed by atoms with E-state index in [-0.39, 0.29) is 0 Å². The van der Waals surface area contributed by atoms with Gasteiger partial charge < -0.3 is 4.84 Å². The first-order valence-electron chi connectivity index (χ1n) is 3.78. The molecule has 0 N–H and O–H groups in total. The first kappa shape index (κ1) is 9.95. The maximum Gasteiger partial charge on any atom is 0.131 e. The van der Waals surface area contributed by atoms with E-state index < -0.39 is 0 Å². The molecule has 2 nitrogen and oxygen atoms in total. The molecule has 0 amide bonds. The van der Waals surface area contributed by atoms with E-state index in [1.165, 1.54) is 0 Å². The van der Waals surface area contributed by atoms with Crippen molar-refractivity contribution in [3.05, 3.63) is 24.5 Å². The van der Waals surface area contributed by atoms with E-state index in [1.54, 1.807) is 0 Å². The molecule has 0 radical (unpaired) electrons. The molecular formula is C9H15NO. The quantitative estimate of drug-likeness (QED) is 0.249. The first-order valence-corrected chi connectivity index (χ1v) is 3.78. The third-order valence-electron chi connectivity index (χ3n) is 1.19. The minimum atomic E-state index is 0.824. The molecule has 0 saturated heterocycles. The van der Waals surface area contributed by atoms with Gasteiger partial charge in [-0.15, -0.1) is 6.58 Å². The first-order chi connectivity index (χ1) is 5.35. The highest BCUT2D eigenvalue weighted by Gasteiger charge is 1.93. The topological polar surface area (TPSA) is 21.6 Å². The zero-order valence-corrected chi connectivity index (χ0v) is 7.05. The molecule has 0 rings (SSSR count). The monoisotopic (exact) mass is 153 g/mol. The molecule has 0 aliphatic rings. The second-order valence-corrected chi connectivity index (χ2v) is 2.17. The lowest BCUT2D eigenvalue weighted by atomic mass is 10.2. The van der Waals surface area contributed by atoms with Crippen LogP contribution in [0.2, 0.25) is 0 Å². The van der Waals surface area contributed by atoms with E-state index in [0.717, 1.165) is 25.0 Å². The molecule has 0 aromatic rings. The second-order valence-electron chi connectivity index (χ2n) is 2.17. The fraction of sp³-hybridized carbons (Fsp3) is 0.444. The summed E-state index contributed by atoms with van der Waals surface area (Å²) in [5.41, 5.74) is 0. The van der Waals surface area contributed by atoms with Gasteiger partial charge in [0.1, 0.15) is 5.76 Å². The average molecular weight is 153 g/mol. The Morgan fingerprint density at radius 1 is 1.64 bits per heavy atom. The summed E-state index contributed by atoms with van der Waals surface area (Å²) >= 11 is 0. The van der Waals surface area contributed by atoms with Gasteiger partial charge in [-0.1, -0.05) is 18.2 Å². The SMILES string of the molecule is C=CC/C=C(\CCC)ON=C. The van der Waals surface area contributed by atoms with Gasteiger partial charge in [-0.3, -0.25) is 0 Å². The Hall–Kier alpha value is -1.05. The van der Waals surface area contributed by atoms with Gasteiger partial charge in [0, 0.05) is 13.1 Å². The van der Waals surface area contributed by atoms with Crippen molar-refractivity contribution in [2.24, 2.45) is 5.16 Å². The van der Waals surface area contributed by atoms with Crippen LogP contribution in [0.5, 0.6) is 0 Å². The Labute approximate surface area is 68.2 Å². The molecule has 0 aromatic heterocycles. The van der Waals surface area contributed by atoms with Crippen LogP contribution in [0, 0.1) is 0 Å². The van der Waals surface area contributed by atoms with Crippen LogP contribution >= 0.6 is 0 Å². The molecule has 2 heteroatoms. The van der Waals surface area contributed by atoms with E-state index >= 15 is 0 Å². The zero-order chi connectivity index (χ0) is 8.53. The number of rotatable bonds is 6. The highest BCUT2D eigenvalue weighted by Crippen LogP contribution is 2.07. The smallest absolute Gasteiger partial charge is 0.131 e. The fourth-order valence-corrected chi connectivity index (χ4v) is 0.729. The van der Waals surface area contributed by atoms with Crippen LogP contribution in [0.3, 0.4) is 0 Å². The van der Waals surface area contributed by atoms with Gasteiger partial charge in [-0.25, -0.2) is 0 Å². The Kier molecular flexibility index (Phi) is 6.39. The van der Waals surface area contributed by atoms with Crippen molar-refractivity contribution in [1.29, 1.82) is 0 Å². The fourth-order valence-electron chi connectivity index (χ4n) is 0.729. The van der Waals surface area contributed by atoms with Crippen molar-refractivity contribution in [3.8, 4) is 0 Å². The Morgan fingerprint density at radius 2 is 2.36 bits per heavy atom. The summed E-state index contributed by atoms with van der Waals surface area (Å²) < 4.78 is 0. The number of hydrogen-bond donors (Lipinski definition) is 0. The standard InChI is InChI=1S/C9H15NO/c1-4-6-8-9(7-5-2)11-10-3/h4,8H,1,3,5-7H2,2H3/b9-8+. The normalized spacial score (nSPS) is 10.8. The lowest BCUT2D eigenvalue weighted by Crippen LogP contribution is -1.84. The summed E-state index contributed by atoms with van der Waals surface area (Å²) in [7, 11) is 0. The Bertz CT molecular complexity index is 150. The molecule has 0 aliphatic carbocycles. The van der Waals surface area contributed by atoms with Gasteiger partial charge >= 0.3 is 0 Å². The predicted molar refractivity (Wildman–Crippen MR) is 48.4 cm³/mol. The second kappa shape index (κ2) is 7.06. The van der Waals surface area contributed by atoms with Gasteiger partial charge in [0.25, 0.3) is 0 Å². The van der Waals surface area contributed by atoms with Gasteiger partial charge in [0.15, 0.2) is 0 Å². The molecule has 0 fully saturated rings. The van der Waals surface area contributed by atoms with E-state index in [9.17, 15) is 0 Å². The molecule has 0 unspecified atom stereocenters. The van der Waals surface area contributed by atoms with Gasteiger partial charge in [0.05, 0.1) is 0 Å². The van der Waals surface area contributed by atoms with Gasteiger partial charge in [-0.05, 0) is 18.9 Å². The van der Waals surface area contributed by atoms with Crippen molar-refractivity contribution >= 4 is 6.72 Å². The van der Waals surface area contributed by atoms with E-state index in [0.29, 0.717) is 0 Å². The van der Waals surface area contributed by atoms with Crippen LogP contribution in [0.4, 0.5) is 0 Å². The third kappa shape index (κ3) is 5.40. The maximum absolute atomic E-state index is 4.91. The molecular weight excluding hydrogens is 138 g/mol. The molecule has 0 aromatic carbocycles. The lowest BCUT2D eigenvalue weighted by molar-refractivity contribution is 0.218. The molecule has 0 bridgehead atoms. The van der Waals surface area contributed by atoms with Crippen molar-refractivity contribution in [2.75, 3.05) is 0 Å². The molecule has 0 saturated carbocycles. The molecule has 62 valence electrons. The Balaban J connectivity index is 3.84. The van der Waals surface area contributed by atoms with Gasteiger partial charge in [0.2, 0.25) is 0 Å². The molecule has 0 aliphatic heterocycles. The van der Waals surface area contributed by atoms with Crippen molar-refractivity contribution < 1.29 is 4.84 Å². The van der Waals surface area contributed by atoms with Crippen molar-refractivity contribution in [1.82, 2.24) is 0 Å². The molecule has 0 spiro atoms. The minimum absolute atomic E-state index is 0.824. The van der Waals surface area contributed by atoms with Crippen LogP contribution < -0.4 is 0 Å². The van der Waals surface area contributed by atoms with Crippen molar-refractivity contribution in [3.63, 3.8) is 0 Å². The largest absolute Gasteiger partial charge is 0.362 e. The summed E-state index contributed by atoms with van der Waals surface area (Å²) in [6.45, 7) is 8.95. The molecule has 0 heterocycles. The summed E-state index contributed by atoms with van der Waals surface area (Å²) in [6.07, 6.45) is 6.57. The van der Waals surface area contributed by atoms with Crippen LogP contribution in [0.1, 0.15) is 26.2 Å². The average Bonchev–Trinajstić information content (AvgIpc) is 2.01. The zero-order valence-electron chi connectivity index (χ0n) is 7.05. The highest BCUT2D eigenvalue weighted by molar-refractivity contribution is 5.21. The van der Waals surface area contributed by atoms with Crippen molar-refractivity contribution in [2.45, 2.75) is 26.2 Å². The molecule has 11 heavy (non-hydrogen) atoms. The van der Waals surface area contributed by atoms with Crippen LogP contribution in [-0.4, -0.2) is 6.72 Å². The van der Waals surface area contributed by atoms with E-state index in [2.05, 4.69) is 25.4 Å². The number of hydrogen-bond acceptors (Lipinski definition) is 2. The Morgan fingerprint density at radius 3 is 2.82 bits per heavy atom. The van der Waals surface area contributed by atoms with Gasteiger partial charge in [-0.2, -0.15) is 0 Å². The maximum atomic E-state index is 4.91. The number of oxime groups is 1.